The van der Waals surface area contributed by atoms with E-state index in [4.69, 9.17) is 23.2 Å². The first kappa shape index (κ1) is 22.2. The van der Waals surface area contributed by atoms with Crippen LogP contribution in [0, 0.1) is 11.7 Å². The van der Waals surface area contributed by atoms with Crippen LogP contribution in [0.5, 0.6) is 0 Å². The number of amides is 2. The number of Topliss-reactive ketones (excluding diaryl/α,β-unsaturated/α-hetero) is 1. The Bertz CT molecular complexity index is 967. The smallest absolute Gasteiger partial charge is 0.290 e. The molecule has 1 unspecified atom stereocenters. The molecular weight excluding hydrogens is 430 g/mol. The molecule has 1 aliphatic rings. The highest BCUT2D eigenvalue weighted by molar-refractivity contribution is 6.42. The second-order valence-electron chi connectivity index (χ2n) is 7.15. The van der Waals surface area contributed by atoms with E-state index < -0.39 is 23.5 Å². The summed E-state index contributed by atoms with van der Waals surface area (Å²) in [6.45, 7) is 0.573. The maximum atomic E-state index is 13.7. The summed E-state index contributed by atoms with van der Waals surface area (Å²) < 4.78 is 13.7. The van der Waals surface area contributed by atoms with Crippen molar-refractivity contribution in [1.29, 1.82) is 0 Å². The van der Waals surface area contributed by atoms with Crippen LogP contribution in [-0.2, 0) is 27.2 Å². The van der Waals surface area contributed by atoms with Crippen LogP contribution in [0.25, 0.3) is 0 Å². The van der Waals surface area contributed by atoms with Crippen molar-refractivity contribution in [2.45, 2.75) is 19.3 Å². The first-order valence-electron chi connectivity index (χ1n) is 9.65. The Labute approximate surface area is 184 Å². The summed E-state index contributed by atoms with van der Waals surface area (Å²) in [6.07, 6.45) is 1.61. The summed E-state index contributed by atoms with van der Waals surface area (Å²) in [4.78, 5) is 38.1. The monoisotopic (exact) mass is 450 g/mol. The summed E-state index contributed by atoms with van der Waals surface area (Å²) in [7, 11) is 0. The van der Waals surface area contributed by atoms with E-state index in [-0.39, 0.29) is 25.3 Å². The van der Waals surface area contributed by atoms with Gasteiger partial charge in [0.05, 0.1) is 10.0 Å². The van der Waals surface area contributed by atoms with Crippen LogP contribution in [0.1, 0.15) is 17.5 Å². The Morgan fingerprint density at radius 3 is 2.60 bits per heavy atom. The Morgan fingerprint density at radius 1 is 1.10 bits per heavy atom. The summed E-state index contributed by atoms with van der Waals surface area (Å²) in [5.74, 6) is -3.25. The van der Waals surface area contributed by atoms with Gasteiger partial charge in [0.1, 0.15) is 11.7 Å². The number of aryl methyl sites for hydroxylation is 1. The van der Waals surface area contributed by atoms with Gasteiger partial charge in [0.25, 0.3) is 5.91 Å². The third kappa shape index (κ3) is 5.37. The van der Waals surface area contributed by atoms with Gasteiger partial charge in [-0.2, -0.15) is 0 Å². The minimum atomic E-state index is -1.02. The fraction of sp³-hybridized carbons (Fsp3) is 0.318. The third-order valence-electron chi connectivity index (χ3n) is 5.07. The average molecular weight is 451 g/mol. The van der Waals surface area contributed by atoms with Crippen LogP contribution in [0.15, 0.2) is 42.5 Å². The van der Waals surface area contributed by atoms with E-state index in [0.717, 1.165) is 5.56 Å². The van der Waals surface area contributed by atoms with Crippen molar-refractivity contribution in [1.82, 2.24) is 10.2 Å². The fourth-order valence-electron chi connectivity index (χ4n) is 3.36. The molecule has 2 amide bonds. The number of halogens is 3. The molecular formula is C22H21Cl2FN2O3. The number of rotatable bonds is 8. The van der Waals surface area contributed by atoms with Gasteiger partial charge in [-0.25, -0.2) is 4.39 Å². The molecule has 1 aliphatic heterocycles. The van der Waals surface area contributed by atoms with E-state index in [0.29, 0.717) is 35.0 Å². The van der Waals surface area contributed by atoms with Crippen molar-refractivity contribution in [2.24, 2.45) is 5.92 Å². The largest absolute Gasteiger partial charge is 0.355 e. The predicted molar refractivity (Wildman–Crippen MR) is 113 cm³/mol. The topological polar surface area (TPSA) is 66.5 Å². The highest BCUT2D eigenvalue weighted by atomic mass is 35.5. The molecule has 0 spiro atoms. The quantitative estimate of drug-likeness (QED) is 0.380. The summed E-state index contributed by atoms with van der Waals surface area (Å²) in [5, 5.41) is 3.68. The van der Waals surface area contributed by atoms with Crippen molar-refractivity contribution in [3.8, 4) is 0 Å². The van der Waals surface area contributed by atoms with Gasteiger partial charge in [-0.05, 0) is 48.6 Å². The molecule has 8 heteroatoms. The number of nitrogens with zero attached hydrogens (tertiary/aromatic N) is 1. The molecule has 1 N–H and O–H groups in total. The lowest BCUT2D eigenvalue weighted by atomic mass is 10.1. The van der Waals surface area contributed by atoms with Crippen LogP contribution in [-0.4, -0.2) is 42.1 Å². The second-order valence-corrected chi connectivity index (χ2v) is 7.97. The van der Waals surface area contributed by atoms with Crippen LogP contribution in [0.3, 0.4) is 0 Å². The van der Waals surface area contributed by atoms with Gasteiger partial charge in [-0.3, -0.25) is 14.4 Å². The molecule has 2 aromatic rings. The van der Waals surface area contributed by atoms with E-state index in [2.05, 4.69) is 5.32 Å². The van der Waals surface area contributed by atoms with Gasteiger partial charge in [0.2, 0.25) is 11.7 Å². The van der Waals surface area contributed by atoms with E-state index in [1.165, 1.54) is 11.0 Å². The Balaban J connectivity index is 1.46. The number of ketones is 1. The molecule has 1 fully saturated rings. The molecule has 1 saturated heterocycles. The molecule has 2 aromatic carbocycles. The number of benzene rings is 2. The molecule has 0 radical (unpaired) electrons. The van der Waals surface area contributed by atoms with Crippen molar-refractivity contribution < 1.29 is 18.8 Å². The lowest BCUT2D eigenvalue weighted by Gasteiger charge is -2.15. The third-order valence-corrected chi connectivity index (χ3v) is 5.81. The van der Waals surface area contributed by atoms with Crippen molar-refractivity contribution in [3.05, 3.63) is 69.5 Å². The summed E-state index contributed by atoms with van der Waals surface area (Å²) >= 11 is 11.9. The number of nitrogens with one attached hydrogen (secondary N) is 1. The number of likely N-dealkylation sites (tertiary alicyclic amines) is 1. The number of hydrogen-bond acceptors (Lipinski definition) is 3. The molecule has 0 saturated carbocycles. The minimum Gasteiger partial charge on any atom is -0.355 e. The molecule has 0 aliphatic carbocycles. The van der Waals surface area contributed by atoms with Gasteiger partial charge in [-0.15, -0.1) is 0 Å². The minimum absolute atomic E-state index is 0.0186. The van der Waals surface area contributed by atoms with Gasteiger partial charge >= 0.3 is 0 Å². The lowest BCUT2D eigenvalue weighted by Crippen LogP contribution is -2.36. The second kappa shape index (κ2) is 10.0. The van der Waals surface area contributed by atoms with Crippen LogP contribution >= 0.6 is 23.2 Å². The van der Waals surface area contributed by atoms with E-state index >= 15 is 0 Å². The predicted octanol–water partition coefficient (Wildman–Crippen LogP) is 3.45. The number of hydrogen-bond donors (Lipinski definition) is 1. The summed E-state index contributed by atoms with van der Waals surface area (Å²) in [5.41, 5.74) is 1.46. The standard InChI is InChI=1S/C22H21Cl2FN2O3/c23-17-8-7-14(12-18(17)24)4-3-10-26-21(29)16-13-27(22(30)20(16)28)11-9-15-5-1-2-6-19(15)25/h1-2,5-8,12,16H,3-4,9-11,13H2,(H,26,29). The molecule has 0 aromatic heterocycles. The molecule has 0 bridgehead atoms. The van der Waals surface area contributed by atoms with Crippen molar-refractivity contribution in [2.75, 3.05) is 19.6 Å². The highest BCUT2D eigenvalue weighted by Gasteiger charge is 2.42. The first-order chi connectivity index (χ1) is 14.4. The van der Waals surface area contributed by atoms with Gasteiger partial charge < -0.3 is 10.2 Å². The Kier molecular flexibility index (Phi) is 7.45. The maximum Gasteiger partial charge on any atom is 0.290 e. The highest BCUT2D eigenvalue weighted by Crippen LogP contribution is 2.23. The van der Waals surface area contributed by atoms with Gasteiger partial charge in [-0.1, -0.05) is 47.5 Å². The average Bonchev–Trinajstić information content (AvgIpc) is 3.01. The SMILES string of the molecule is O=C(NCCCc1ccc(Cl)c(Cl)c1)C1CN(CCc2ccccc2F)C(=O)C1=O. The van der Waals surface area contributed by atoms with Gasteiger partial charge in [0.15, 0.2) is 0 Å². The van der Waals surface area contributed by atoms with Crippen LogP contribution < -0.4 is 5.32 Å². The maximum absolute atomic E-state index is 13.7. The van der Waals surface area contributed by atoms with Crippen LogP contribution in [0.2, 0.25) is 10.0 Å². The molecule has 30 heavy (non-hydrogen) atoms. The normalized spacial score (nSPS) is 16.2. The summed E-state index contributed by atoms with van der Waals surface area (Å²) in [6, 6.07) is 11.6. The van der Waals surface area contributed by atoms with Crippen molar-refractivity contribution >= 4 is 40.8 Å². The molecule has 1 heterocycles. The van der Waals surface area contributed by atoms with Gasteiger partial charge in [0, 0.05) is 19.6 Å². The van der Waals surface area contributed by atoms with E-state index in [1.54, 1.807) is 30.3 Å². The zero-order valence-electron chi connectivity index (χ0n) is 16.2. The first-order valence-corrected chi connectivity index (χ1v) is 10.4. The number of carbonyl (C=O) groups is 3. The van der Waals surface area contributed by atoms with Crippen molar-refractivity contribution in [3.63, 3.8) is 0 Å². The molecule has 3 rings (SSSR count). The van der Waals surface area contributed by atoms with E-state index in [1.807, 2.05) is 6.07 Å². The number of carbonyl (C=O) groups excluding carboxylic acids is 3. The van der Waals surface area contributed by atoms with E-state index in [9.17, 15) is 18.8 Å². The Morgan fingerprint density at radius 2 is 1.87 bits per heavy atom. The molecule has 158 valence electrons. The zero-order chi connectivity index (χ0) is 21.7. The lowest BCUT2D eigenvalue weighted by molar-refractivity contribution is -0.142. The molecule has 5 nitrogen and oxygen atoms in total. The fourth-order valence-corrected chi connectivity index (χ4v) is 3.69. The van der Waals surface area contributed by atoms with Crippen LogP contribution in [0.4, 0.5) is 4.39 Å². The zero-order valence-corrected chi connectivity index (χ0v) is 17.7. The Hall–Kier alpha value is -2.44. The molecule has 1 atom stereocenters.